The lowest BCUT2D eigenvalue weighted by molar-refractivity contribution is -0.142. The van der Waals surface area contributed by atoms with Gasteiger partial charge in [0.05, 0.1) is 25.1 Å². The number of hydrogen-bond donors (Lipinski definition) is 2. The standard InChI is InChI=1S/C14H22N2O4/c1-2-19-7-5-13-11(8-14(18)20-13)16-12(9-17)10-4-3-6-15-10/h10-11,13,15-16H,2-8H2,1H3/t10-,11-,13-/m0/s1. The molecular weight excluding hydrogens is 260 g/mol. The van der Waals surface area contributed by atoms with Crippen LogP contribution < -0.4 is 10.6 Å². The molecule has 2 heterocycles. The van der Waals surface area contributed by atoms with E-state index in [1.807, 2.05) is 12.9 Å². The van der Waals surface area contributed by atoms with Crippen molar-refractivity contribution >= 4 is 11.9 Å². The van der Waals surface area contributed by atoms with Gasteiger partial charge in [-0.2, -0.15) is 0 Å². The Morgan fingerprint density at radius 2 is 2.45 bits per heavy atom. The van der Waals surface area contributed by atoms with Crippen LogP contribution in [0.1, 0.15) is 32.6 Å². The summed E-state index contributed by atoms with van der Waals surface area (Å²) in [6.45, 7) is 4.03. The van der Waals surface area contributed by atoms with E-state index in [2.05, 4.69) is 10.6 Å². The summed E-state index contributed by atoms with van der Waals surface area (Å²) < 4.78 is 10.6. The van der Waals surface area contributed by atoms with Gasteiger partial charge in [0.25, 0.3) is 0 Å². The topological polar surface area (TPSA) is 76.7 Å². The number of ether oxygens (including phenoxy) is 2. The first-order valence-electron chi connectivity index (χ1n) is 7.26. The molecule has 2 aliphatic rings. The van der Waals surface area contributed by atoms with Gasteiger partial charge in [-0.25, -0.2) is 4.79 Å². The minimum atomic E-state index is -0.237. The van der Waals surface area contributed by atoms with E-state index in [1.165, 1.54) is 0 Å². The summed E-state index contributed by atoms with van der Waals surface area (Å²) in [4.78, 5) is 22.6. The molecule has 0 amide bonds. The smallest absolute Gasteiger partial charge is 0.308 e. The fourth-order valence-corrected chi connectivity index (χ4v) is 2.69. The van der Waals surface area contributed by atoms with Crippen LogP contribution in [0, 0.1) is 0 Å². The van der Waals surface area contributed by atoms with Gasteiger partial charge in [0.2, 0.25) is 0 Å². The molecule has 0 unspecified atom stereocenters. The Hall–Kier alpha value is -1.36. The maximum Gasteiger partial charge on any atom is 0.308 e. The number of nitrogens with one attached hydrogen (secondary N) is 2. The zero-order valence-corrected chi connectivity index (χ0v) is 11.8. The third kappa shape index (κ3) is 3.82. The molecule has 0 aromatic rings. The summed E-state index contributed by atoms with van der Waals surface area (Å²) in [5, 5.41) is 6.39. The van der Waals surface area contributed by atoms with Gasteiger partial charge in [0.1, 0.15) is 17.7 Å². The van der Waals surface area contributed by atoms with Crippen molar-refractivity contribution in [3.8, 4) is 0 Å². The van der Waals surface area contributed by atoms with Crippen LogP contribution >= 0.6 is 0 Å². The minimum absolute atomic E-state index is 0.0238. The molecule has 0 spiro atoms. The van der Waals surface area contributed by atoms with Gasteiger partial charge >= 0.3 is 5.97 Å². The zero-order valence-electron chi connectivity index (χ0n) is 11.8. The molecule has 0 aromatic heterocycles. The molecular formula is C14H22N2O4. The molecule has 2 rings (SSSR count). The van der Waals surface area contributed by atoms with Crippen LogP contribution in [-0.2, 0) is 19.1 Å². The second-order valence-corrected chi connectivity index (χ2v) is 5.13. The third-order valence-electron chi connectivity index (χ3n) is 3.73. The normalized spacial score (nSPS) is 29.1. The maximum atomic E-state index is 11.5. The van der Waals surface area contributed by atoms with Gasteiger partial charge in [-0.05, 0) is 26.3 Å². The summed E-state index contributed by atoms with van der Waals surface area (Å²) in [6, 6.07) is -0.141. The molecule has 6 nitrogen and oxygen atoms in total. The molecule has 3 atom stereocenters. The largest absolute Gasteiger partial charge is 0.460 e. The van der Waals surface area contributed by atoms with E-state index in [4.69, 9.17) is 9.47 Å². The molecule has 0 aromatic carbocycles. The van der Waals surface area contributed by atoms with E-state index in [-0.39, 0.29) is 30.6 Å². The molecule has 112 valence electrons. The number of rotatable bonds is 7. The molecule has 0 aliphatic carbocycles. The highest BCUT2D eigenvalue weighted by Crippen LogP contribution is 2.21. The first-order chi connectivity index (χ1) is 9.74. The van der Waals surface area contributed by atoms with Crippen molar-refractivity contribution in [1.29, 1.82) is 0 Å². The average molecular weight is 282 g/mol. The van der Waals surface area contributed by atoms with E-state index < -0.39 is 0 Å². The average Bonchev–Trinajstić information content (AvgIpc) is 3.06. The highest BCUT2D eigenvalue weighted by Gasteiger charge is 2.36. The van der Waals surface area contributed by atoms with E-state index in [1.54, 1.807) is 0 Å². The van der Waals surface area contributed by atoms with Crippen LogP contribution in [0.25, 0.3) is 0 Å². The summed E-state index contributed by atoms with van der Waals surface area (Å²) >= 11 is 0. The van der Waals surface area contributed by atoms with E-state index in [0.29, 0.717) is 25.3 Å². The van der Waals surface area contributed by atoms with Gasteiger partial charge in [-0.3, -0.25) is 4.79 Å². The fourth-order valence-electron chi connectivity index (χ4n) is 2.69. The number of carbonyl (C=O) groups is 1. The molecule has 20 heavy (non-hydrogen) atoms. The zero-order chi connectivity index (χ0) is 14.4. The van der Waals surface area contributed by atoms with Crippen LogP contribution in [0.4, 0.5) is 0 Å². The number of esters is 1. The SMILES string of the molecule is CCOCC[C@@H]1OC(=O)C[C@@H]1NC(=C=O)[C@@H]1CCCN1. The third-order valence-corrected chi connectivity index (χ3v) is 3.73. The summed E-state index contributed by atoms with van der Waals surface area (Å²) in [5.41, 5.74) is 0.507. The van der Waals surface area contributed by atoms with E-state index in [0.717, 1.165) is 19.4 Å². The Labute approximate surface area is 118 Å². The molecule has 2 aliphatic heterocycles. The van der Waals surface area contributed by atoms with Crippen LogP contribution in [0.3, 0.4) is 0 Å². The molecule has 2 saturated heterocycles. The fraction of sp³-hybridized carbons (Fsp3) is 0.786. The number of carbonyl (C=O) groups excluding carboxylic acids is 2. The van der Waals surface area contributed by atoms with Gasteiger partial charge < -0.3 is 20.1 Å². The first-order valence-corrected chi connectivity index (χ1v) is 7.26. The summed E-state index contributed by atoms with van der Waals surface area (Å²) in [5.74, 6) is 1.74. The van der Waals surface area contributed by atoms with Gasteiger partial charge in [0.15, 0.2) is 0 Å². The Morgan fingerprint density at radius 3 is 3.10 bits per heavy atom. The highest BCUT2D eigenvalue weighted by molar-refractivity contribution is 5.73. The number of cyclic esters (lactones) is 1. The van der Waals surface area contributed by atoms with Crippen LogP contribution in [0.15, 0.2) is 5.70 Å². The maximum absolute atomic E-state index is 11.5. The van der Waals surface area contributed by atoms with Crippen LogP contribution in [0.2, 0.25) is 0 Å². The van der Waals surface area contributed by atoms with Crippen molar-refractivity contribution < 1.29 is 19.1 Å². The second-order valence-electron chi connectivity index (χ2n) is 5.13. The monoisotopic (exact) mass is 282 g/mol. The molecule has 6 heteroatoms. The quantitative estimate of drug-likeness (QED) is 0.393. The first kappa shape index (κ1) is 15.0. The van der Waals surface area contributed by atoms with Crippen molar-refractivity contribution in [2.45, 2.75) is 50.8 Å². The molecule has 2 fully saturated rings. The Bertz CT molecular complexity index is 387. The van der Waals surface area contributed by atoms with Gasteiger partial charge in [0, 0.05) is 13.0 Å². The second kappa shape index (κ2) is 7.43. The highest BCUT2D eigenvalue weighted by atomic mass is 16.6. The Morgan fingerprint density at radius 1 is 1.60 bits per heavy atom. The van der Waals surface area contributed by atoms with Gasteiger partial charge in [-0.15, -0.1) is 0 Å². The lowest BCUT2D eigenvalue weighted by Gasteiger charge is -2.22. The Kier molecular flexibility index (Phi) is 5.59. The van der Waals surface area contributed by atoms with E-state index in [9.17, 15) is 9.59 Å². The van der Waals surface area contributed by atoms with Crippen molar-refractivity contribution in [2.24, 2.45) is 0 Å². The predicted molar refractivity (Wildman–Crippen MR) is 72.8 cm³/mol. The van der Waals surface area contributed by atoms with Gasteiger partial charge in [-0.1, -0.05) is 0 Å². The molecule has 0 saturated carbocycles. The molecule has 2 N–H and O–H groups in total. The van der Waals surface area contributed by atoms with Crippen molar-refractivity contribution in [3.05, 3.63) is 5.70 Å². The predicted octanol–water partition coefficient (Wildman–Crippen LogP) is 0.154. The van der Waals surface area contributed by atoms with Crippen molar-refractivity contribution in [3.63, 3.8) is 0 Å². The van der Waals surface area contributed by atoms with Crippen molar-refractivity contribution in [1.82, 2.24) is 10.6 Å². The van der Waals surface area contributed by atoms with E-state index >= 15 is 0 Å². The summed E-state index contributed by atoms with van der Waals surface area (Å²) in [7, 11) is 0. The Balaban J connectivity index is 1.91. The van der Waals surface area contributed by atoms with Crippen LogP contribution in [-0.4, -0.2) is 49.9 Å². The summed E-state index contributed by atoms with van der Waals surface area (Å²) in [6.07, 6.45) is 2.66. The lowest BCUT2D eigenvalue weighted by atomic mass is 10.1. The minimum Gasteiger partial charge on any atom is -0.460 e. The lowest BCUT2D eigenvalue weighted by Crippen LogP contribution is -2.42. The van der Waals surface area contributed by atoms with Crippen LogP contribution in [0.5, 0.6) is 0 Å². The van der Waals surface area contributed by atoms with Crippen molar-refractivity contribution in [2.75, 3.05) is 19.8 Å². The molecule has 0 bridgehead atoms. The number of hydrogen-bond acceptors (Lipinski definition) is 6. The molecule has 0 radical (unpaired) electrons.